The molecule has 1 aromatic carbocycles. The van der Waals surface area contributed by atoms with Crippen molar-refractivity contribution in [2.45, 2.75) is 26.7 Å². The fourth-order valence-electron chi connectivity index (χ4n) is 1.52. The molecular formula is C12H15IO2. The van der Waals surface area contributed by atoms with Gasteiger partial charge in [-0.1, -0.05) is 13.8 Å². The van der Waals surface area contributed by atoms with Crippen molar-refractivity contribution in [1.29, 1.82) is 0 Å². The Morgan fingerprint density at radius 3 is 2.60 bits per heavy atom. The fourth-order valence-corrected chi connectivity index (χ4v) is 2.76. The van der Waals surface area contributed by atoms with Crippen LogP contribution in [0, 0.1) is 3.57 Å². The van der Waals surface area contributed by atoms with Crippen LogP contribution in [0.5, 0.6) is 5.75 Å². The molecule has 0 fully saturated rings. The molecule has 0 aliphatic rings. The number of benzene rings is 1. The molecule has 0 spiro atoms. The van der Waals surface area contributed by atoms with E-state index in [9.17, 15) is 4.79 Å². The van der Waals surface area contributed by atoms with Crippen LogP contribution in [0.25, 0.3) is 0 Å². The monoisotopic (exact) mass is 318 g/mol. The van der Waals surface area contributed by atoms with Gasteiger partial charge >= 0.3 is 0 Å². The minimum atomic E-state index is 0.402. The number of rotatable bonds is 4. The first kappa shape index (κ1) is 12.5. The van der Waals surface area contributed by atoms with Gasteiger partial charge in [-0.05, 0) is 47.6 Å². The molecule has 82 valence electrons. The molecule has 3 heteroatoms. The number of halogens is 1. The Kier molecular flexibility index (Phi) is 4.57. The van der Waals surface area contributed by atoms with Crippen LogP contribution in [0.4, 0.5) is 0 Å². The van der Waals surface area contributed by atoms with E-state index in [0.717, 1.165) is 15.6 Å². The molecule has 0 saturated carbocycles. The van der Waals surface area contributed by atoms with Gasteiger partial charge in [0.05, 0.1) is 6.61 Å². The molecule has 0 aliphatic heterocycles. The molecule has 0 radical (unpaired) electrons. The summed E-state index contributed by atoms with van der Waals surface area (Å²) in [5, 5.41) is 0. The summed E-state index contributed by atoms with van der Waals surface area (Å²) in [6.07, 6.45) is 0.856. The van der Waals surface area contributed by atoms with Gasteiger partial charge in [0.25, 0.3) is 0 Å². The summed E-state index contributed by atoms with van der Waals surface area (Å²) in [7, 11) is 0. The molecule has 1 rings (SSSR count). The number of hydrogen-bond acceptors (Lipinski definition) is 2. The average Bonchev–Trinajstić information content (AvgIpc) is 2.16. The van der Waals surface area contributed by atoms with Gasteiger partial charge in [0, 0.05) is 14.7 Å². The first-order valence-electron chi connectivity index (χ1n) is 5.01. The molecule has 0 aliphatic carbocycles. The van der Waals surface area contributed by atoms with Crippen molar-refractivity contribution >= 4 is 28.9 Å². The van der Waals surface area contributed by atoms with Crippen molar-refractivity contribution in [3.63, 3.8) is 0 Å². The van der Waals surface area contributed by atoms with Crippen molar-refractivity contribution in [2.24, 2.45) is 0 Å². The highest BCUT2D eigenvalue weighted by Gasteiger charge is 2.13. The van der Waals surface area contributed by atoms with E-state index in [1.807, 2.05) is 19.1 Å². The molecule has 0 heterocycles. The van der Waals surface area contributed by atoms with Crippen LogP contribution in [0.1, 0.15) is 42.6 Å². The van der Waals surface area contributed by atoms with Crippen LogP contribution < -0.4 is 4.74 Å². The SMILES string of the molecule is CCOc1cc(C=O)cc(I)c1C(C)C. The zero-order chi connectivity index (χ0) is 11.4. The summed E-state index contributed by atoms with van der Waals surface area (Å²) >= 11 is 2.25. The van der Waals surface area contributed by atoms with Gasteiger partial charge in [0.2, 0.25) is 0 Å². The number of ether oxygens (including phenoxy) is 1. The lowest BCUT2D eigenvalue weighted by atomic mass is 10.0. The molecule has 0 bridgehead atoms. The second-order valence-corrected chi connectivity index (χ2v) is 4.78. The summed E-state index contributed by atoms with van der Waals surface area (Å²) in [5.74, 6) is 1.24. The third kappa shape index (κ3) is 2.93. The fraction of sp³-hybridized carbons (Fsp3) is 0.417. The third-order valence-corrected chi connectivity index (χ3v) is 3.02. The molecule has 0 N–H and O–H groups in total. The predicted octanol–water partition coefficient (Wildman–Crippen LogP) is 3.63. The molecule has 0 atom stereocenters. The molecule has 15 heavy (non-hydrogen) atoms. The summed E-state index contributed by atoms with van der Waals surface area (Å²) in [6, 6.07) is 3.71. The molecule has 1 aromatic rings. The van der Waals surface area contributed by atoms with Crippen LogP contribution in [0.2, 0.25) is 0 Å². The highest BCUT2D eigenvalue weighted by molar-refractivity contribution is 14.1. The number of aldehydes is 1. The summed E-state index contributed by atoms with van der Waals surface area (Å²) in [5.41, 5.74) is 1.86. The summed E-state index contributed by atoms with van der Waals surface area (Å²) in [6.45, 7) is 6.82. The van der Waals surface area contributed by atoms with E-state index in [0.29, 0.717) is 18.1 Å². The van der Waals surface area contributed by atoms with Crippen LogP contribution in [0.3, 0.4) is 0 Å². The van der Waals surface area contributed by atoms with Crippen LogP contribution in [-0.4, -0.2) is 12.9 Å². The topological polar surface area (TPSA) is 26.3 Å². The van der Waals surface area contributed by atoms with Gasteiger partial charge in [-0.2, -0.15) is 0 Å². The standard InChI is InChI=1S/C12H15IO2/c1-4-15-11-6-9(7-14)5-10(13)12(11)8(2)3/h5-8H,4H2,1-3H3. The second-order valence-electron chi connectivity index (χ2n) is 3.62. The first-order valence-corrected chi connectivity index (χ1v) is 6.09. The Morgan fingerprint density at radius 1 is 1.47 bits per heavy atom. The van der Waals surface area contributed by atoms with E-state index in [2.05, 4.69) is 36.4 Å². The largest absolute Gasteiger partial charge is 0.494 e. The Morgan fingerprint density at radius 2 is 2.13 bits per heavy atom. The van der Waals surface area contributed by atoms with E-state index in [1.54, 1.807) is 0 Å². The van der Waals surface area contributed by atoms with Crippen LogP contribution in [-0.2, 0) is 0 Å². The lowest BCUT2D eigenvalue weighted by molar-refractivity contribution is 0.112. The average molecular weight is 318 g/mol. The predicted molar refractivity (Wildman–Crippen MR) is 69.8 cm³/mol. The van der Waals surface area contributed by atoms with Crippen LogP contribution >= 0.6 is 22.6 Å². The van der Waals surface area contributed by atoms with E-state index in [-0.39, 0.29) is 0 Å². The van der Waals surface area contributed by atoms with Crippen molar-refractivity contribution in [2.75, 3.05) is 6.61 Å². The number of carbonyl (C=O) groups is 1. The van der Waals surface area contributed by atoms with Crippen molar-refractivity contribution in [3.8, 4) is 5.75 Å². The molecule has 0 unspecified atom stereocenters. The van der Waals surface area contributed by atoms with Gasteiger partial charge in [0.1, 0.15) is 12.0 Å². The second kappa shape index (κ2) is 5.49. The van der Waals surface area contributed by atoms with Crippen molar-refractivity contribution in [1.82, 2.24) is 0 Å². The van der Waals surface area contributed by atoms with E-state index in [4.69, 9.17) is 4.74 Å². The highest BCUT2D eigenvalue weighted by Crippen LogP contribution is 2.32. The van der Waals surface area contributed by atoms with E-state index < -0.39 is 0 Å². The van der Waals surface area contributed by atoms with Crippen molar-refractivity contribution in [3.05, 3.63) is 26.8 Å². The summed E-state index contributed by atoms with van der Waals surface area (Å²) < 4.78 is 6.65. The molecule has 0 amide bonds. The molecule has 0 aromatic heterocycles. The Labute approximate surface area is 104 Å². The quantitative estimate of drug-likeness (QED) is 0.626. The maximum absolute atomic E-state index is 10.7. The number of hydrogen-bond donors (Lipinski definition) is 0. The van der Waals surface area contributed by atoms with Gasteiger partial charge < -0.3 is 4.74 Å². The Balaban J connectivity index is 3.28. The zero-order valence-corrected chi connectivity index (χ0v) is 11.4. The lowest BCUT2D eigenvalue weighted by Gasteiger charge is -2.15. The van der Waals surface area contributed by atoms with Crippen molar-refractivity contribution < 1.29 is 9.53 Å². The number of carbonyl (C=O) groups excluding carboxylic acids is 1. The smallest absolute Gasteiger partial charge is 0.150 e. The zero-order valence-electron chi connectivity index (χ0n) is 9.21. The maximum Gasteiger partial charge on any atom is 0.150 e. The van der Waals surface area contributed by atoms with E-state index in [1.165, 1.54) is 5.56 Å². The van der Waals surface area contributed by atoms with Crippen LogP contribution in [0.15, 0.2) is 12.1 Å². The third-order valence-electron chi connectivity index (χ3n) is 2.13. The minimum absolute atomic E-state index is 0.402. The van der Waals surface area contributed by atoms with E-state index >= 15 is 0 Å². The van der Waals surface area contributed by atoms with Gasteiger partial charge in [0.15, 0.2) is 0 Å². The molecule has 2 nitrogen and oxygen atoms in total. The van der Waals surface area contributed by atoms with Gasteiger partial charge in [-0.25, -0.2) is 0 Å². The van der Waals surface area contributed by atoms with Gasteiger partial charge in [-0.3, -0.25) is 4.79 Å². The first-order chi connectivity index (χ1) is 7.10. The molecular weight excluding hydrogens is 303 g/mol. The molecule has 0 saturated heterocycles. The highest BCUT2D eigenvalue weighted by atomic mass is 127. The normalized spacial score (nSPS) is 10.5. The Bertz CT molecular complexity index is 359. The Hall–Kier alpha value is -0.580. The minimum Gasteiger partial charge on any atom is -0.494 e. The maximum atomic E-state index is 10.7. The lowest BCUT2D eigenvalue weighted by Crippen LogP contribution is -2.02. The summed E-state index contributed by atoms with van der Waals surface area (Å²) in [4.78, 5) is 10.7. The van der Waals surface area contributed by atoms with Gasteiger partial charge in [-0.15, -0.1) is 0 Å².